The molecule has 0 saturated heterocycles. The van der Waals surface area contributed by atoms with Crippen molar-refractivity contribution in [2.75, 3.05) is 11.9 Å². The topological polar surface area (TPSA) is 58.7 Å². The third kappa shape index (κ3) is 2.39. The second kappa shape index (κ2) is 5.53. The predicted molar refractivity (Wildman–Crippen MR) is 87.4 cm³/mol. The van der Waals surface area contributed by atoms with Gasteiger partial charge in [0.15, 0.2) is 6.04 Å². The molecule has 0 radical (unpaired) electrons. The van der Waals surface area contributed by atoms with Crippen molar-refractivity contribution in [2.45, 2.75) is 6.04 Å². The summed E-state index contributed by atoms with van der Waals surface area (Å²) in [7, 11) is 1.64. The van der Waals surface area contributed by atoms with Gasteiger partial charge in [-0.2, -0.15) is 0 Å². The molecule has 1 aliphatic heterocycles. The summed E-state index contributed by atoms with van der Waals surface area (Å²) in [5.74, 6) is -0.589. The molecule has 6 heteroatoms. The highest BCUT2D eigenvalue weighted by Gasteiger charge is 2.31. The Hall–Kier alpha value is -2.21. The fourth-order valence-electron chi connectivity index (χ4n) is 2.47. The van der Waals surface area contributed by atoms with Crippen LogP contribution in [0.1, 0.15) is 17.2 Å². The second-order valence-electron chi connectivity index (χ2n) is 5.00. The third-order valence-electron chi connectivity index (χ3n) is 3.63. The lowest BCUT2D eigenvalue weighted by Crippen LogP contribution is -2.30. The molecule has 2 N–H and O–H groups in total. The molecule has 1 heterocycles. The number of likely N-dealkylation sites (N-methyl/N-ethyl adjacent to an activating group) is 1. The maximum Gasteiger partial charge on any atom is 0.256 e. The van der Waals surface area contributed by atoms with Crippen molar-refractivity contribution in [1.82, 2.24) is 0 Å². The van der Waals surface area contributed by atoms with Crippen molar-refractivity contribution >= 4 is 33.4 Å². The van der Waals surface area contributed by atoms with Crippen molar-refractivity contribution in [2.24, 2.45) is 10.7 Å². The van der Waals surface area contributed by atoms with Gasteiger partial charge in [0, 0.05) is 22.6 Å². The molecule has 0 spiro atoms. The Kier molecular flexibility index (Phi) is 3.70. The van der Waals surface area contributed by atoms with E-state index in [0.717, 1.165) is 4.47 Å². The zero-order valence-electron chi connectivity index (χ0n) is 11.8. The summed E-state index contributed by atoms with van der Waals surface area (Å²) in [5, 5.41) is 0. The van der Waals surface area contributed by atoms with Gasteiger partial charge in [-0.1, -0.05) is 34.1 Å². The number of anilines is 1. The number of carbonyl (C=O) groups excluding carboxylic acids is 1. The van der Waals surface area contributed by atoms with Gasteiger partial charge in [0.25, 0.3) is 5.91 Å². The number of nitrogens with zero attached hydrogens (tertiary/aromatic N) is 2. The van der Waals surface area contributed by atoms with Crippen molar-refractivity contribution in [3.63, 3.8) is 0 Å². The summed E-state index contributed by atoms with van der Waals surface area (Å²) in [6.45, 7) is 0. The summed E-state index contributed by atoms with van der Waals surface area (Å²) >= 11 is 3.38. The molecule has 1 amide bonds. The van der Waals surface area contributed by atoms with Crippen molar-refractivity contribution in [3.05, 3.63) is 63.9 Å². The molecule has 4 nitrogen and oxygen atoms in total. The predicted octanol–water partition coefficient (Wildman–Crippen LogP) is 3.01. The van der Waals surface area contributed by atoms with Gasteiger partial charge in [0.05, 0.1) is 5.69 Å². The first-order valence-corrected chi connectivity index (χ1v) is 7.43. The summed E-state index contributed by atoms with van der Waals surface area (Å²) in [4.78, 5) is 18.4. The van der Waals surface area contributed by atoms with Gasteiger partial charge in [0.1, 0.15) is 11.7 Å². The Morgan fingerprint density at radius 2 is 2.00 bits per heavy atom. The van der Waals surface area contributed by atoms with Gasteiger partial charge in [-0.25, -0.2) is 9.38 Å². The average Bonchev–Trinajstić information content (AvgIpc) is 2.59. The molecule has 3 rings (SSSR count). The minimum atomic E-state index is -0.989. The van der Waals surface area contributed by atoms with E-state index >= 15 is 0 Å². The highest BCUT2D eigenvalue weighted by molar-refractivity contribution is 9.10. The van der Waals surface area contributed by atoms with Crippen LogP contribution in [0.2, 0.25) is 0 Å². The molecule has 1 atom stereocenters. The van der Waals surface area contributed by atoms with Crippen molar-refractivity contribution in [3.8, 4) is 0 Å². The summed E-state index contributed by atoms with van der Waals surface area (Å²) < 4.78 is 14.9. The van der Waals surface area contributed by atoms with E-state index in [0.29, 0.717) is 11.3 Å². The van der Waals surface area contributed by atoms with Crippen LogP contribution in [0.15, 0.2) is 51.9 Å². The molecule has 2 aromatic rings. The lowest BCUT2D eigenvalue weighted by atomic mass is 10.1. The van der Waals surface area contributed by atoms with Crippen LogP contribution in [0.25, 0.3) is 0 Å². The molecule has 1 aliphatic rings. The Morgan fingerprint density at radius 1 is 1.27 bits per heavy atom. The first kappa shape index (κ1) is 14.7. The fourth-order valence-corrected chi connectivity index (χ4v) is 2.83. The largest absolute Gasteiger partial charge is 0.383 e. The summed E-state index contributed by atoms with van der Waals surface area (Å²) in [6.07, 6.45) is 0. The fraction of sp³-hybridized carbons (Fsp3) is 0.125. The molecular weight excluding hydrogens is 349 g/mol. The minimum absolute atomic E-state index is 0.210. The van der Waals surface area contributed by atoms with Gasteiger partial charge in [0.2, 0.25) is 0 Å². The zero-order chi connectivity index (χ0) is 15.9. The highest BCUT2D eigenvalue weighted by atomic mass is 79.9. The lowest BCUT2D eigenvalue weighted by Gasteiger charge is -2.20. The Bertz CT molecular complexity index is 791. The van der Waals surface area contributed by atoms with Gasteiger partial charge >= 0.3 is 0 Å². The molecule has 112 valence electrons. The van der Waals surface area contributed by atoms with Crippen LogP contribution in [0.5, 0.6) is 0 Å². The summed E-state index contributed by atoms with van der Waals surface area (Å²) in [5.41, 5.74) is 7.55. The normalized spacial score (nSPS) is 17.8. The SMILES string of the molecule is CN1C(=O)[C@H](c2ccccc2F)N=C(N)c2cc(Br)ccc21. The molecule has 2 aromatic carbocycles. The Labute approximate surface area is 135 Å². The number of fused-ring (bicyclic) bond motifs is 1. The van der Waals surface area contributed by atoms with Gasteiger partial charge in [-0.3, -0.25) is 4.79 Å². The highest BCUT2D eigenvalue weighted by Crippen LogP contribution is 2.32. The lowest BCUT2D eigenvalue weighted by molar-refractivity contribution is -0.119. The molecule has 0 bridgehead atoms. The Balaban J connectivity index is 2.18. The number of amidine groups is 1. The number of hydrogen-bond donors (Lipinski definition) is 1. The van der Waals surface area contributed by atoms with E-state index in [1.807, 2.05) is 6.07 Å². The number of aliphatic imine (C=N–C) groups is 1. The zero-order valence-corrected chi connectivity index (χ0v) is 13.3. The first-order chi connectivity index (χ1) is 10.5. The molecule has 0 aliphatic carbocycles. The van der Waals surface area contributed by atoms with Crippen LogP contribution in [-0.2, 0) is 4.79 Å². The quantitative estimate of drug-likeness (QED) is 0.848. The number of carbonyl (C=O) groups is 1. The second-order valence-corrected chi connectivity index (χ2v) is 5.91. The molecule has 0 unspecified atom stereocenters. The molecule has 22 heavy (non-hydrogen) atoms. The van der Waals surface area contributed by atoms with Crippen molar-refractivity contribution in [1.29, 1.82) is 0 Å². The number of benzodiazepines with no additional fused rings is 1. The number of benzene rings is 2. The van der Waals surface area contributed by atoms with E-state index in [1.165, 1.54) is 11.0 Å². The molecular formula is C16H13BrFN3O. The van der Waals surface area contributed by atoms with E-state index < -0.39 is 11.9 Å². The van der Waals surface area contributed by atoms with E-state index in [-0.39, 0.29) is 17.3 Å². The first-order valence-electron chi connectivity index (χ1n) is 6.64. The minimum Gasteiger partial charge on any atom is -0.383 e. The van der Waals surface area contributed by atoms with E-state index in [1.54, 1.807) is 37.4 Å². The third-order valence-corrected chi connectivity index (χ3v) is 4.12. The number of hydrogen-bond acceptors (Lipinski definition) is 3. The monoisotopic (exact) mass is 361 g/mol. The van der Waals surface area contributed by atoms with Crippen LogP contribution in [0.3, 0.4) is 0 Å². The Morgan fingerprint density at radius 3 is 2.73 bits per heavy atom. The number of nitrogens with two attached hydrogens (primary N) is 1. The average molecular weight is 362 g/mol. The van der Waals surface area contributed by atoms with Crippen LogP contribution in [-0.4, -0.2) is 18.8 Å². The number of amides is 1. The van der Waals surface area contributed by atoms with Crippen LogP contribution in [0, 0.1) is 5.82 Å². The molecule has 0 saturated carbocycles. The standard InChI is InChI=1S/C16H13BrFN3O/c1-21-13-7-6-9(17)8-11(13)15(19)20-14(16(21)22)10-4-2-3-5-12(10)18/h2-8,14H,1H3,(H2,19,20)/t14-/m0/s1. The number of halogens is 2. The van der Waals surface area contributed by atoms with Crippen LogP contribution >= 0.6 is 15.9 Å². The van der Waals surface area contributed by atoms with E-state index in [9.17, 15) is 9.18 Å². The smallest absolute Gasteiger partial charge is 0.256 e. The molecule has 0 fully saturated rings. The maximum absolute atomic E-state index is 14.0. The number of rotatable bonds is 1. The van der Waals surface area contributed by atoms with Gasteiger partial charge in [-0.15, -0.1) is 0 Å². The van der Waals surface area contributed by atoms with Gasteiger partial charge in [-0.05, 0) is 24.3 Å². The molecule has 0 aromatic heterocycles. The van der Waals surface area contributed by atoms with Gasteiger partial charge < -0.3 is 10.6 Å². The van der Waals surface area contributed by atoms with Crippen LogP contribution < -0.4 is 10.6 Å². The summed E-state index contributed by atoms with van der Waals surface area (Å²) in [6, 6.07) is 10.5. The maximum atomic E-state index is 14.0. The van der Waals surface area contributed by atoms with E-state index in [2.05, 4.69) is 20.9 Å². The van der Waals surface area contributed by atoms with Crippen LogP contribution in [0.4, 0.5) is 10.1 Å². The van der Waals surface area contributed by atoms with Crippen molar-refractivity contribution < 1.29 is 9.18 Å². The van der Waals surface area contributed by atoms with E-state index in [4.69, 9.17) is 5.73 Å².